The fraction of sp³-hybridized carbons (Fsp3) is 0.850. The lowest BCUT2D eigenvalue weighted by molar-refractivity contribution is -0.164. The van der Waals surface area contributed by atoms with Crippen LogP contribution >= 0.6 is 0 Å². The maximum absolute atomic E-state index is 12.9. The Balaban J connectivity index is 2.24. The van der Waals surface area contributed by atoms with Crippen LogP contribution in [0.5, 0.6) is 0 Å². The first-order chi connectivity index (χ1) is 12.0. The average Bonchev–Trinajstić information content (AvgIpc) is 2.91. The van der Waals surface area contributed by atoms with Crippen LogP contribution in [0.3, 0.4) is 0 Å². The predicted octanol–water partition coefficient (Wildman–Crippen LogP) is 4.73. The summed E-state index contributed by atoms with van der Waals surface area (Å²) in [6.45, 7) is 18.4. The van der Waals surface area contributed by atoms with Crippen molar-refractivity contribution in [2.24, 2.45) is 0 Å². The van der Waals surface area contributed by atoms with Crippen LogP contribution in [0.15, 0.2) is 11.1 Å². The van der Waals surface area contributed by atoms with Crippen molar-refractivity contribution in [3.05, 3.63) is 11.1 Å². The number of rotatable bonds is 5. The van der Waals surface area contributed by atoms with E-state index >= 15 is 0 Å². The van der Waals surface area contributed by atoms with Crippen LogP contribution in [0, 0.1) is 0 Å². The number of ether oxygens (including phenoxy) is 3. The van der Waals surface area contributed by atoms with Crippen molar-refractivity contribution >= 4 is 14.2 Å². The van der Waals surface area contributed by atoms with Gasteiger partial charge in [-0.3, -0.25) is 0 Å². The van der Waals surface area contributed by atoms with Gasteiger partial charge in [0.25, 0.3) is 0 Å². The van der Waals surface area contributed by atoms with Crippen molar-refractivity contribution in [1.29, 1.82) is 0 Å². The molecule has 150 valence electrons. The highest BCUT2D eigenvalue weighted by atomic mass is 28.3. The van der Waals surface area contributed by atoms with Crippen LogP contribution < -0.4 is 0 Å². The third kappa shape index (κ3) is 4.70. The van der Waals surface area contributed by atoms with Crippen molar-refractivity contribution < 1.29 is 19.0 Å². The molecule has 2 aliphatic rings. The van der Waals surface area contributed by atoms with Gasteiger partial charge in [0.05, 0.1) is 21.3 Å². The Kier molecular flexibility index (Phi) is 6.62. The molecule has 0 radical (unpaired) electrons. The number of amides is 1. The Bertz CT molecular complexity index is 537. The minimum atomic E-state index is -1.75. The molecule has 26 heavy (non-hydrogen) atoms. The van der Waals surface area contributed by atoms with Gasteiger partial charge in [0.1, 0.15) is 5.73 Å². The summed E-state index contributed by atoms with van der Waals surface area (Å²) in [4.78, 5) is 14.8. The second-order valence-electron chi connectivity index (χ2n) is 9.31. The number of hydrogen-bond donors (Lipinski definition) is 0. The number of carbonyl (C=O) groups excluding carboxylic acids is 1. The third-order valence-corrected chi connectivity index (χ3v) is 7.36. The van der Waals surface area contributed by atoms with Gasteiger partial charge in [-0.2, -0.15) is 0 Å². The Hall–Kier alpha value is -0.853. The molecule has 0 saturated carbocycles. The minimum absolute atomic E-state index is 0.103. The van der Waals surface area contributed by atoms with Gasteiger partial charge in [-0.25, -0.2) is 4.79 Å². The van der Waals surface area contributed by atoms with Crippen molar-refractivity contribution in [3.8, 4) is 0 Å². The Morgan fingerprint density at radius 2 is 1.65 bits per heavy atom. The van der Waals surface area contributed by atoms with E-state index in [9.17, 15) is 4.79 Å². The van der Waals surface area contributed by atoms with Crippen LogP contribution in [0.2, 0.25) is 19.6 Å². The highest BCUT2D eigenvalue weighted by Crippen LogP contribution is 2.41. The van der Waals surface area contributed by atoms with Gasteiger partial charge < -0.3 is 19.1 Å². The Morgan fingerprint density at radius 1 is 1.12 bits per heavy atom. The molecule has 1 aliphatic heterocycles. The summed E-state index contributed by atoms with van der Waals surface area (Å²) in [7, 11) is -1.75. The van der Waals surface area contributed by atoms with Gasteiger partial charge >= 0.3 is 6.09 Å². The largest absolute Gasteiger partial charge is 0.446 e. The SMILES string of the molecule is CC1=C([C@@H](OC(=O)N(C(C)C)C(C)C)[Si](C)(C)C)CCC2(C1)OCCO2. The van der Waals surface area contributed by atoms with E-state index in [1.165, 1.54) is 11.1 Å². The maximum Gasteiger partial charge on any atom is 0.410 e. The molecule has 1 heterocycles. The zero-order chi connectivity index (χ0) is 19.7. The lowest BCUT2D eigenvalue weighted by Crippen LogP contribution is -2.50. The first kappa shape index (κ1) is 21.4. The van der Waals surface area contributed by atoms with Gasteiger partial charge in [0.2, 0.25) is 0 Å². The zero-order valence-electron chi connectivity index (χ0n) is 17.8. The highest BCUT2D eigenvalue weighted by molar-refractivity contribution is 6.78. The quantitative estimate of drug-likeness (QED) is 0.508. The molecule has 6 heteroatoms. The molecule has 0 unspecified atom stereocenters. The first-order valence-electron chi connectivity index (χ1n) is 9.92. The average molecular weight is 384 g/mol. The van der Waals surface area contributed by atoms with Crippen molar-refractivity contribution in [1.82, 2.24) is 4.90 Å². The van der Waals surface area contributed by atoms with E-state index in [0.29, 0.717) is 13.2 Å². The molecule has 0 aromatic heterocycles. The van der Waals surface area contributed by atoms with Crippen molar-refractivity contribution in [3.63, 3.8) is 0 Å². The van der Waals surface area contributed by atoms with Gasteiger partial charge in [-0.05, 0) is 46.6 Å². The first-order valence-corrected chi connectivity index (χ1v) is 13.5. The van der Waals surface area contributed by atoms with Crippen LogP contribution in [0.4, 0.5) is 4.79 Å². The maximum atomic E-state index is 12.9. The minimum Gasteiger partial charge on any atom is -0.446 e. The second-order valence-corrected chi connectivity index (χ2v) is 14.6. The normalized spacial score (nSPS) is 21.6. The summed E-state index contributed by atoms with van der Waals surface area (Å²) in [5, 5.41) is 0. The summed E-state index contributed by atoms with van der Waals surface area (Å²) >= 11 is 0. The fourth-order valence-corrected chi connectivity index (χ4v) is 6.08. The molecule has 5 nitrogen and oxygen atoms in total. The summed E-state index contributed by atoms with van der Waals surface area (Å²) in [5.41, 5.74) is 2.45. The molecule has 2 rings (SSSR count). The van der Waals surface area contributed by atoms with Gasteiger partial charge in [-0.15, -0.1) is 0 Å². The van der Waals surface area contributed by atoms with Crippen LogP contribution in [0.25, 0.3) is 0 Å². The lowest BCUT2D eigenvalue weighted by atomic mass is 9.88. The standard InChI is InChI=1S/C20H37NO4Si/c1-14(2)21(15(3)4)19(22)25-18(26(6,7)8)17-9-10-20(13-16(17)5)23-11-12-24-20/h14-15,18H,9-13H2,1-8H3/t18-/m0/s1. The molecule has 0 N–H and O–H groups in total. The van der Waals surface area contributed by atoms with Gasteiger partial charge in [0, 0.05) is 24.9 Å². The van der Waals surface area contributed by atoms with Crippen molar-refractivity contribution in [2.75, 3.05) is 13.2 Å². The number of hydrogen-bond acceptors (Lipinski definition) is 4. The van der Waals surface area contributed by atoms with E-state index in [1.807, 2.05) is 32.6 Å². The molecule has 1 spiro atoms. The molecular weight excluding hydrogens is 346 g/mol. The van der Waals surface area contributed by atoms with E-state index in [-0.39, 0.29) is 23.9 Å². The molecule has 1 atom stereocenters. The molecule has 0 aromatic rings. The topological polar surface area (TPSA) is 48.0 Å². The molecule has 1 saturated heterocycles. The van der Waals surface area contributed by atoms with Gasteiger partial charge in [-0.1, -0.05) is 25.2 Å². The molecule has 0 bridgehead atoms. The zero-order valence-corrected chi connectivity index (χ0v) is 18.8. The Labute approximate surface area is 160 Å². The summed E-state index contributed by atoms with van der Waals surface area (Å²) in [5.74, 6) is -0.441. The van der Waals surface area contributed by atoms with E-state index in [1.54, 1.807) is 0 Å². The van der Waals surface area contributed by atoms with Crippen LogP contribution in [-0.4, -0.2) is 55.9 Å². The van der Waals surface area contributed by atoms with E-state index in [0.717, 1.165) is 19.3 Å². The molecule has 1 fully saturated rings. The summed E-state index contributed by atoms with van der Waals surface area (Å²) < 4.78 is 17.9. The number of nitrogens with zero attached hydrogens (tertiary/aromatic N) is 1. The third-order valence-electron chi connectivity index (χ3n) is 5.32. The molecule has 1 amide bonds. The molecular formula is C20H37NO4Si. The van der Waals surface area contributed by atoms with E-state index in [2.05, 4.69) is 26.6 Å². The van der Waals surface area contributed by atoms with Gasteiger partial charge in [0.15, 0.2) is 5.79 Å². The monoisotopic (exact) mass is 383 g/mol. The molecule has 0 aromatic carbocycles. The van der Waals surface area contributed by atoms with E-state index in [4.69, 9.17) is 14.2 Å². The Morgan fingerprint density at radius 3 is 2.08 bits per heavy atom. The highest BCUT2D eigenvalue weighted by Gasteiger charge is 2.44. The second kappa shape index (κ2) is 8.03. The van der Waals surface area contributed by atoms with Crippen molar-refractivity contribution in [2.45, 2.75) is 97.1 Å². The summed E-state index contributed by atoms with van der Waals surface area (Å²) in [6.07, 6.45) is 2.29. The molecule has 1 aliphatic carbocycles. The fourth-order valence-electron chi connectivity index (χ4n) is 4.19. The number of carbonyl (C=O) groups is 1. The van der Waals surface area contributed by atoms with Crippen LogP contribution in [-0.2, 0) is 14.2 Å². The predicted molar refractivity (Wildman–Crippen MR) is 107 cm³/mol. The van der Waals surface area contributed by atoms with E-state index < -0.39 is 13.9 Å². The smallest absolute Gasteiger partial charge is 0.410 e. The summed E-state index contributed by atoms with van der Waals surface area (Å²) in [6, 6.07) is 0.240. The van der Waals surface area contributed by atoms with Crippen LogP contribution in [0.1, 0.15) is 53.9 Å². The lowest BCUT2D eigenvalue weighted by Gasteiger charge is -2.40.